The Morgan fingerprint density at radius 2 is 2.04 bits per heavy atom. The fourth-order valence-electron chi connectivity index (χ4n) is 3.20. The van der Waals surface area contributed by atoms with E-state index in [1.807, 2.05) is 36.1 Å². The zero-order valence-electron chi connectivity index (χ0n) is 15.9. The van der Waals surface area contributed by atoms with Gasteiger partial charge in [0.1, 0.15) is 5.01 Å². The number of unbranched alkanes of at least 4 members (excludes halogenated alkanes) is 1. The summed E-state index contributed by atoms with van der Waals surface area (Å²) in [7, 11) is 0. The van der Waals surface area contributed by atoms with Gasteiger partial charge in [0.2, 0.25) is 10.9 Å². The molecule has 1 aliphatic rings. The van der Waals surface area contributed by atoms with E-state index in [2.05, 4.69) is 22.4 Å². The van der Waals surface area contributed by atoms with Crippen LogP contribution in [0.15, 0.2) is 24.3 Å². The van der Waals surface area contributed by atoms with Crippen molar-refractivity contribution < 1.29 is 9.59 Å². The first-order valence-electron chi connectivity index (χ1n) is 9.56. The minimum atomic E-state index is -0.241. The number of carbonyl (C=O) groups is 2. The van der Waals surface area contributed by atoms with Gasteiger partial charge in [-0.3, -0.25) is 9.59 Å². The van der Waals surface area contributed by atoms with E-state index in [0.717, 1.165) is 48.5 Å². The molecule has 1 aromatic carbocycles. The van der Waals surface area contributed by atoms with Crippen molar-refractivity contribution in [3.05, 3.63) is 39.8 Å². The molecule has 3 rings (SSSR count). The lowest BCUT2D eigenvalue weighted by Gasteiger charge is -2.31. The molecule has 2 amide bonds. The lowest BCUT2D eigenvalue weighted by atomic mass is 9.98. The minimum absolute atomic E-state index is 0.169. The molecule has 1 aliphatic heterocycles. The highest BCUT2D eigenvalue weighted by molar-refractivity contribution is 7.13. The predicted molar refractivity (Wildman–Crippen MR) is 107 cm³/mol. The number of rotatable bonds is 6. The van der Waals surface area contributed by atoms with Crippen LogP contribution < -0.4 is 5.32 Å². The molecule has 0 bridgehead atoms. The van der Waals surface area contributed by atoms with Crippen molar-refractivity contribution in [2.45, 2.75) is 51.9 Å². The lowest BCUT2D eigenvalue weighted by molar-refractivity contribution is -0.132. The number of anilines is 1. The van der Waals surface area contributed by atoms with Crippen molar-refractivity contribution in [1.82, 2.24) is 15.1 Å². The van der Waals surface area contributed by atoms with Crippen LogP contribution in [0.1, 0.15) is 65.3 Å². The number of carbonyl (C=O) groups excluding carboxylic acids is 2. The summed E-state index contributed by atoms with van der Waals surface area (Å²) < 4.78 is 0. The normalized spacial score (nSPS) is 17.0. The molecular formula is C20H26N4O2S. The Bertz CT molecular complexity index is 788. The van der Waals surface area contributed by atoms with Gasteiger partial charge in [0.05, 0.1) is 0 Å². The van der Waals surface area contributed by atoms with E-state index in [0.29, 0.717) is 18.0 Å². The van der Waals surface area contributed by atoms with Crippen LogP contribution in [-0.4, -0.2) is 40.0 Å². The number of amides is 2. The summed E-state index contributed by atoms with van der Waals surface area (Å²) >= 11 is 1.33. The molecule has 1 N–H and O–H groups in total. The number of nitrogens with one attached hydrogen (secondary N) is 1. The molecule has 0 radical (unpaired) electrons. The van der Waals surface area contributed by atoms with Crippen molar-refractivity contribution in [2.24, 2.45) is 0 Å². The number of nitrogens with zero attached hydrogens (tertiary/aromatic N) is 3. The van der Waals surface area contributed by atoms with Gasteiger partial charge in [0.25, 0.3) is 5.91 Å². The summed E-state index contributed by atoms with van der Waals surface area (Å²) in [6.45, 7) is 5.59. The van der Waals surface area contributed by atoms with Gasteiger partial charge < -0.3 is 10.2 Å². The first-order valence-corrected chi connectivity index (χ1v) is 10.4. The summed E-state index contributed by atoms with van der Waals surface area (Å²) in [5.41, 5.74) is 1.88. The smallest absolute Gasteiger partial charge is 0.286 e. The summed E-state index contributed by atoms with van der Waals surface area (Å²) in [6, 6.07) is 7.65. The maximum atomic E-state index is 12.4. The Labute approximate surface area is 164 Å². The second-order valence-corrected chi connectivity index (χ2v) is 8.06. The molecule has 0 spiro atoms. The lowest BCUT2D eigenvalue weighted by Crippen LogP contribution is -2.38. The first kappa shape index (κ1) is 19.5. The van der Waals surface area contributed by atoms with Crippen molar-refractivity contribution in [2.75, 3.05) is 18.4 Å². The van der Waals surface area contributed by atoms with E-state index >= 15 is 0 Å². The van der Waals surface area contributed by atoms with E-state index in [4.69, 9.17) is 0 Å². The summed E-state index contributed by atoms with van der Waals surface area (Å²) in [4.78, 5) is 26.7. The van der Waals surface area contributed by atoms with Gasteiger partial charge in [-0.15, -0.1) is 10.2 Å². The molecule has 7 heteroatoms. The van der Waals surface area contributed by atoms with E-state index < -0.39 is 0 Å². The Kier molecular flexibility index (Phi) is 6.55. The van der Waals surface area contributed by atoms with Gasteiger partial charge in [0, 0.05) is 31.1 Å². The molecule has 0 aliphatic carbocycles. The number of hydrogen-bond acceptors (Lipinski definition) is 5. The van der Waals surface area contributed by atoms with E-state index in [-0.39, 0.29) is 17.7 Å². The molecule has 0 unspecified atom stereocenters. The van der Waals surface area contributed by atoms with Gasteiger partial charge in [-0.05, 0) is 38.3 Å². The van der Waals surface area contributed by atoms with Crippen LogP contribution in [0.4, 0.5) is 5.69 Å². The molecule has 6 nitrogen and oxygen atoms in total. The SMILES string of the molecule is CCCCC(=O)N1CCC[C@H](c2nnc(C(=O)Nc3ccc(C)cc3)s2)C1. The van der Waals surface area contributed by atoms with Crippen LogP contribution in [-0.2, 0) is 4.79 Å². The maximum absolute atomic E-state index is 12.4. The molecule has 1 saturated heterocycles. The van der Waals surface area contributed by atoms with E-state index in [1.165, 1.54) is 11.3 Å². The topological polar surface area (TPSA) is 75.2 Å². The molecule has 1 atom stereocenters. The third-order valence-corrected chi connectivity index (χ3v) is 5.90. The third-order valence-electron chi connectivity index (χ3n) is 4.81. The second kappa shape index (κ2) is 9.08. The van der Waals surface area contributed by atoms with Crippen LogP contribution >= 0.6 is 11.3 Å². The van der Waals surface area contributed by atoms with Crippen LogP contribution in [0.3, 0.4) is 0 Å². The van der Waals surface area contributed by atoms with Gasteiger partial charge in [-0.2, -0.15) is 0 Å². The highest BCUT2D eigenvalue weighted by Gasteiger charge is 2.27. The van der Waals surface area contributed by atoms with Gasteiger partial charge >= 0.3 is 0 Å². The predicted octanol–water partition coefficient (Wildman–Crippen LogP) is 4.00. The summed E-state index contributed by atoms with van der Waals surface area (Å²) in [6.07, 6.45) is 4.52. The Hall–Kier alpha value is -2.28. The van der Waals surface area contributed by atoms with Crippen LogP contribution in [0.25, 0.3) is 0 Å². The number of hydrogen-bond donors (Lipinski definition) is 1. The van der Waals surface area contributed by atoms with Crippen molar-refractivity contribution in [3.8, 4) is 0 Å². The third kappa shape index (κ3) is 5.13. The fourth-order valence-corrected chi connectivity index (χ4v) is 4.07. The Morgan fingerprint density at radius 3 is 2.78 bits per heavy atom. The number of piperidine rings is 1. The van der Waals surface area contributed by atoms with Gasteiger partial charge in [-0.1, -0.05) is 42.4 Å². The zero-order valence-corrected chi connectivity index (χ0v) is 16.7. The molecule has 1 fully saturated rings. The van der Waals surface area contributed by atoms with E-state index in [1.54, 1.807) is 0 Å². The summed E-state index contributed by atoms with van der Waals surface area (Å²) in [5, 5.41) is 12.4. The standard InChI is InChI=1S/C20H26N4O2S/c1-3-4-7-17(25)24-12-5-6-15(13-24)19-22-23-20(27-19)18(26)21-16-10-8-14(2)9-11-16/h8-11,15H,3-7,12-13H2,1-2H3,(H,21,26)/t15-/m0/s1. The molecule has 1 aromatic heterocycles. The van der Waals surface area contributed by atoms with Crippen molar-refractivity contribution >= 4 is 28.8 Å². The first-order chi connectivity index (χ1) is 13.1. The highest BCUT2D eigenvalue weighted by Crippen LogP contribution is 2.29. The highest BCUT2D eigenvalue weighted by atomic mass is 32.1. The average molecular weight is 387 g/mol. The largest absolute Gasteiger partial charge is 0.342 e. The minimum Gasteiger partial charge on any atom is -0.342 e. The molecule has 144 valence electrons. The number of benzene rings is 1. The average Bonchev–Trinajstić information content (AvgIpc) is 3.18. The molecule has 27 heavy (non-hydrogen) atoms. The molecular weight excluding hydrogens is 360 g/mol. The van der Waals surface area contributed by atoms with Crippen molar-refractivity contribution in [3.63, 3.8) is 0 Å². The Balaban J connectivity index is 1.61. The second-order valence-electron chi connectivity index (χ2n) is 7.05. The number of aryl methyl sites for hydroxylation is 1. The van der Waals surface area contributed by atoms with Crippen LogP contribution in [0.2, 0.25) is 0 Å². The molecule has 2 aromatic rings. The van der Waals surface area contributed by atoms with Gasteiger partial charge in [0.15, 0.2) is 0 Å². The quantitative estimate of drug-likeness (QED) is 0.814. The number of likely N-dealkylation sites (tertiary alicyclic amines) is 1. The molecule has 0 saturated carbocycles. The zero-order chi connectivity index (χ0) is 19.2. The monoisotopic (exact) mass is 386 g/mol. The van der Waals surface area contributed by atoms with Crippen LogP contribution in [0.5, 0.6) is 0 Å². The van der Waals surface area contributed by atoms with Gasteiger partial charge in [-0.25, -0.2) is 0 Å². The molecule has 2 heterocycles. The Morgan fingerprint density at radius 1 is 1.26 bits per heavy atom. The van der Waals surface area contributed by atoms with E-state index in [9.17, 15) is 9.59 Å². The van der Waals surface area contributed by atoms with Crippen LogP contribution in [0, 0.1) is 6.92 Å². The van der Waals surface area contributed by atoms with Crippen molar-refractivity contribution in [1.29, 1.82) is 0 Å². The summed E-state index contributed by atoms with van der Waals surface area (Å²) in [5.74, 6) is 0.153. The fraction of sp³-hybridized carbons (Fsp3) is 0.500. The maximum Gasteiger partial charge on any atom is 0.286 e. The number of aromatic nitrogens is 2.